The average molecular weight is 425 g/mol. The SMILES string of the molecule is CCOC(=O)C1=C(CCl)OC(N)=C(C#N)[C@@H]1c1cccc(OCc2ccccc2)c1. The van der Waals surface area contributed by atoms with Gasteiger partial charge in [-0.3, -0.25) is 0 Å². The van der Waals surface area contributed by atoms with Gasteiger partial charge in [-0.2, -0.15) is 5.26 Å². The fourth-order valence-electron chi connectivity index (χ4n) is 3.21. The van der Waals surface area contributed by atoms with Gasteiger partial charge in [-0.05, 0) is 30.2 Å². The van der Waals surface area contributed by atoms with Crippen molar-refractivity contribution >= 4 is 17.6 Å². The summed E-state index contributed by atoms with van der Waals surface area (Å²) in [6, 6.07) is 19.0. The van der Waals surface area contributed by atoms with Crippen LogP contribution in [0.1, 0.15) is 24.0 Å². The first kappa shape index (κ1) is 21.3. The second-order valence-electron chi connectivity index (χ2n) is 6.46. The highest BCUT2D eigenvalue weighted by Gasteiger charge is 2.37. The van der Waals surface area contributed by atoms with Crippen LogP contribution in [0.25, 0.3) is 0 Å². The van der Waals surface area contributed by atoms with Crippen LogP contribution in [-0.2, 0) is 20.9 Å². The number of esters is 1. The normalized spacial score (nSPS) is 16.0. The Kier molecular flexibility index (Phi) is 6.99. The zero-order valence-corrected chi connectivity index (χ0v) is 17.2. The number of nitrogens with two attached hydrogens (primary N) is 1. The molecule has 0 fully saturated rings. The van der Waals surface area contributed by atoms with E-state index in [4.69, 9.17) is 31.5 Å². The number of halogens is 1. The first-order chi connectivity index (χ1) is 14.6. The molecule has 30 heavy (non-hydrogen) atoms. The monoisotopic (exact) mass is 424 g/mol. The van der Waals surface area contributed by atoms with Crippen LogP contribution < -0.4 is 10.5 Å². The summed E-state index contributed by atoms with van der Waals surface area (Å²) in [5.74, 6) is -0.775. The van der Waals surface area contributed by atoms with Gasteiger partial charge in [-0.15, -0.1) is 11.6 Å². The van der Waals surface area contributed by atoms with Crippen molar-refractivity contribution in [2.75, 3.05) is 12.5 Å². The average Bonchev–Trinajstić information content (AvgIpc) is 2.77. The second-order valence-corrected chi connectivity index (χ2v) is 6.73. The predicted octanol–water partition coefficient (Wildman–Crippen LogP) is 4.13. The van der Waals surface area contributed by atoms with Crippen LogP contribution in [0.2, 0.25) is 0 Å². The first-order valence-electron chi connectivity index (χ1n) is 9.39. The van der Waals surface area contributed by atoms with Crippen molar-refractivity contribution in [1.82, 2.24) is 0 Å². The summed E-state index contributed by atoms with van der Waals surface area (Å²) in [6.45, 7) is 2.26. The van der Waals surface area contributed by atoms with E-state index in [1.165, 1.54) is 0 Å². The standard InChI is InChI=1S/C23H21ClN2O4/c1-2-28-23(27)21-19(12-24)30-22(26)18(13-25)20(21)16-9-6-10-17(11-16)29-14-15-7-4-3-5-8-15/h3-11,20H,2,12,14,26H2,1H3/t20-/m0/s1. The molecular formula is C23H21ClN2O4. The van der Waals surface area contributed by atoms with Crippen molar-refractivity contribution in [3.63, 3.8) is 0 Å². The molecule has 0 aromatic heterocycles. The molecule has 2 aromatic rings. The fourth-order valence-corrected chi connectivity index (χ4v) is 3.41. The molecule has 7 heteroatoms. The number of hydrogen-bond donors (Lipinski definition) is 1. The first-order valence-corrected chi connectivity index (χ1v) is 9.92. The Balaban J connectivity index is 1.99. The van der Waals surface area contributed by atoms with E-state index in [-0.39, 0.29) is 35.3 Å². The lowest BCUT2D eigenvalue weighted by Gasteiger charge is -2.27. The summed E-state index contributed by atoms with van der Waals surface area (Å²) < 4.78 is 16.5. The highest BCUT2D eigenvalue weighted by atomic mass is 35.5. The smallest absolute Gasteiger partial charge is 0.338 e. The number of nitriles is 1. The highest BCUT2D eigenvalue weighted by Crippen LogP contribution is 2.40. The van der Waals surface area contributed by atoms with Crippen LogP contribution in [-0.4, -0.2) is 18.5 Å². The minimum atomic E-state index is -0.767. The molecule has 6 nitrogen and oxygen atoms in total. The van der Waals surface area contributed by atoms with Crippen molar-refractivity contribution in [3.8, 4) is 11.8 Å². The number of rotatable bonds is 7. The largest absolute Gasteiger partial charge is 0.489 e. The third kappa shape index (κ3) is 4.58. The summed E-state index contributed by atoms with van der Waals surface area (Å²) >= 11 is 6.00. The van der Waals surface area contributed by atoms with E-state index in [2.05, 4.69) is 6.07 Å². The van der Waals surface area contributed by atoms with Gasteiger partial charge in [-0.25, -0.2) is 4.79 Å². The van der Waals surface area contributed by atoms with E-state index in [0.29, 0.717) is 17.9 Å². The molecule has 3 rings (SSSR count). The highest BCUT2D eigenvalue weighted by molar-refractivity contribution is 6.19. The van der Waals surface area contributed by atoms with Crippen molar-refractivity contribution in [2.24, 2.45) is 5.73 Å². The third-order valence-electron chi connectivity index (χ3n) is 4.55. The number of carbonyl (C=O) groups is 1. The van der Waals surface area contributed by atoms with E-state index in [0.717, 1.165) is 5.56 Å². The van der Waals surface area contributed by atoms with Crippen molar-refractivity contribution in [1.29, 1.82) is 5.26 Å². The van der Waals surface area contributed by atoms with E-state index in [1.807, 2.05) is 30.3 Å². The maximum atomic E-state index is 12.7. The zero-order chi connectivity index (χ0) is 21.5. The second kappa shape index (κ2) is 9.86. The Morgan fingerprint density at radius 3 is 2.67 bits per heavy atom. The summed E-state index contributed by atoms with van der Waals surface area (Å²) in [5.41, 5.74) is 7.90. The molecule has 2 N–H and O–H groups in total. The molecule has 0 saturated carbocycles. The van der Waals surface area contributed by atoms with Gasteiger partial charge < -0.3 is 19.9 Å². The molecule has 0 unspecified atom stereocenters. The maximum Gasteiger partial charge on any atom is 0.338 e. The minimum absolute atomic E-state index is 0.0817. The van der Waals surface area contributed by atoms with Crippen molar-refractivity contribution in [3.05, 3.63) is 88.5 Å². The van der Waals surface area contributed by atoms with Gasteiger partial charge in [0, 0.05) is 0 Å². The lowest BCUT2D eigenvalue weighted by atomic mass is 9.83. The predicted molar refractivity (Wildman–Crippen MR) is 112 cm³/mol. The third-order valence-corrected chi connectivity index (χ3v) is 4.80. The van der Waals surface area contributed by atoms with Crippen LogP contribution in [0.4, 0.5) is 0 Å². The van der Waals surface area contributed by atoms with Crippen LogP contribution in [0.15, 0.2) is 77.4 Å². The Hall–Kier alpha value is -3.43. The van der Waals surface area contributed by atoms with Gasteiger partial charge in [0.15, 0.2) is 0 Å². The molecule has 1 heterocycles. The van der Waals surface area contributed by atoms with E-state index in [9.17, 15) is 10.1 Å². The fraction of sp³-hybridized carbons (Fsp3) is 0.217. The summed E-state index contributed by atoms with van der Waals surface area (Å²) in [4.78, 5) is 12.7. The molecular weight excluding hydrogens is 404 g/mol. The molecule has 0 amide bonds. The quantitative estimate of drug-likeness (QED) is 0.530. The number of carbonyl (C=O) groups excluding carboxylic acids is 1. The maximum absolute atomic E-state index is 12.7. The van der Waals surface area contributed by atoms with Gasteiger partial charge >= 0.3 is 5.97 Å². The number of benzene rings is 2. The Morgan fingerprint density at radius 2 is 2.00 bits per heavy atom. The Labute approximate surface area is 180 Å². The van der Waals surface area contributed by atoms with Crippen LogP contribution in [0.5, 0.6) is 5.75 Å². The molecule has 1 atom stereocenters. The summed E-state index contributed by atoms with van der Waals surface area (Å²) in [7, 11) is 0. The summed E-state index contributed by atoms with van der Waals surface area (Å²) in [5, 5.41) is 9.70. The number of allylic oxidation sites excluding steroid dienone is 2. The lowest BCUT2D eigenvalue weighted by molar-refractivity contribution is -0.139. The van der Waals surface area contributed by atoms with Gasteiger partial charge in [-0.1, -0.05) is 42.5 Å². The van der Waals surface area contributed by atoms with Gasteiger partial charge in [0.25, 0.3) is 0 Å². The van der Waals surface area contributed by atoms with Gasteiger partial charge in [0.2, 0.25) is 5.88 Å². The zero-order valence-electron chi connectivity index (χ0n) is 16.4. The van der Waals surface area contributed by atoms with Crippen LogP contribution >= 0.6 is 11.6 Å². The summed E-state index contributed by atoms with van der Waals surface area (Å²) in [6.07, 6.45) is 0. The number of nitrogens with zero attached hydrogens (tertiary/aromatic N) is 1. The van der Waals surface area contributed by atoms with Crippen molar-refractivity contribution < 1.29 is 19.0 Å². The Bertz CT molecular complexity index is 1020. The molecule has 2 aromatic carbocycles. The molecule has 0 spiro atoms. The van der Waals surface area contributed by atoms with Gasteiger partial charge in [0.1, 0.15) is 29.8 Å². The molecule has 154 valence electrons. The van der Waals surface area contributed by atoms with E-state index in [1.54, 1.807) is 31.2 Å². The number of alkyl halides is 1. The molecule has 0 radical (unpaired) electrons. The molecule has 1 aliphatic rings. The lowest BCUT2D eigenvalue weighted by Crippen LogP contribution is -2.26. The topological polar surface area (TPSA) is 94.6 Å². The van der Waals surface area contributed by atoms with Crippen molar-refractivity contribution in [2.45, 2.75) is 19.4 Å². The van der Waals surface area contributed by atoms with Crippen LogP contribution in [0, 0.1) is 11.3 Å². The van der Waals surface area contributed by atoms with E-state index >= 15 is 0 Å². The minimum Gasteiger partial charge on any atom is -0.489 e. The molecule has 0 saturated heterocycles. The molecule has 0 bridgehead atoms. The van der Waals surface area contributed by atoms with E-state index < -0.39 is 11.9 Å². The van der Waals surface area contributed by atoms with Crippen LogP contribution in [0.3, 0.4) is 0 Å². The molecule has 1 aliphatic heterocycles. The van der Waals surface area contributed by atoms with Gasteiger partial charge in [0.05, 0.1) is 24.0 Å². The number of hydrogen-bond acceptors (Lipinski definition) is 6. The number of ether oxygens (including phenoxy) is 3. The molecule has 0 aliphatic carbocycles. The Morgan fingerprint density at radius 1 is 1.23 bits per heavy atom.